The zero-order chi connectivity index (χ0) is 21.7. The first kappa shape index (κ1) is 22.3. The van der Waals surface area contributed by atoms with E-state index >= 15 is 0 Å². The smallest absolute Gasteiger partial charge is 0.239 e. The van der Waals surface area contributed by atoms with E-state index in [9.17, 15) is 9.59 Å². The van der Waals surface area contributed by atoms with E-state index in [0.717, 1.165) is 5.56 Å². The number of thioether (sulfide) groups is 1. The molecule has 158 valence electrons. The third-order valence-electron chi connectivity index (χ3n) is 4.27. The zero-order valence-electron chi connectivity index (χ0n) is 16.7. The minimum Gasteiger partial charge on any atom is -0.326 e. The van der Waals surface area contributed by atoms with E-state index in [4.69, 9.17) is 11.6 Å². The molecule has 0 bridgehead atoms. The Balaban J connectivity index is 1.52. The van der Waals surface area contributed by atoms with Crippen LogP contribution in [0.1, 0.15) is 24.7 Å². The summed E-state index contributed by atoms with van der Waals surface area (Å²) in [6.07, 6.45) is 2.31. The predicted octanol–water partition coefficient (Wildman–Crippen LogP) is 3.92. The average Bonchev–Trinajstić information content (AvgIpc) is 3.33. The second-order valence-electron chi connectivity index (χ2n) is 6.56. The third kappa shape index (κ3) is 5.80. The molecule has 2 amide bonds. The van der Waals surface area contributed by atoms with Crippen LogP contribution in [0, 0.1) is 6.92 Å². The van der Waals surface area contributed by atoms with Gasteiger partial charge < -0.3 is 15.2 Å². The van der Waals surface area contributed by atoms with Crippen molar-refractivity contribution in [3.05, 3.63) is 46.2 Å². The van der Waals surface area contributed by atoms with Crippen LogP contribution in [0.3, 0.4) is 0 Å². The number of aromatic nitrogens is 4. The second kappa shape index (κ2) is 10.1. The fourth-order valence-electron chi connectivity index (χ4n) is 2.49. The van der Waals surface area contributed by atoms with Crippen LogP contribution in [0.25, 0.3) is 0 Å². The Bertz CT molecular complexity index is 1040. The molecule has 1 aromatic carbocycles. The SMILES string of the molecule is Cc1ccc(NC(=O)CCc2nnc(SC(C)C(=O)Nc3nccs3)n2C)cc1Cl. The minimum absolute atomic E-state index is 0.136. The molecule has 0 aliphatic carbocycles. The van der Waals surface area contributed by atoms with Gasteiger partial charge in [0.15, 0.2) is 10.3 Å². The van der Waals surface area contributed by atoms with E-state index < -0.39 is 0 Å². The van der Waals surface area contributed by atoms with Crippen molar-refractivity contribution in [3.8, 4) is 0 Å². The predicted molar refractivity (Wildman–Crippen MR) is 120 cm³/mol. The van der Waals surface area contributed by atoms with E-state index in [0.29, 0.717) is 33.2 Å². The van der Waals surface area contributed by atoms with Gasteiger partial charge in [0.25, 0.3) is 0 Å². The van der Waals surface area contributed by atoms with Crippen LogP contribution in [0.4, 0.5) is 10.8 Å². The first-order chi connectivity index (χ1) is 14.3. The van der Waals surface area contributed by atoms with Crippen LogP contribution in [0.15, 0.2) is 34.9 Å². The van der Waals surface area contributed by atoms with E-state index in [1.807, 2.05) is 26.1 Å². The number of thiazole rings is 1. The topological polar surface area (TPSA) is 102 Å². The molecular weight excluding hydrogens is 444 g/mol. The molecule has 0 fully saturated rings. The first-order valence-corrected chi connectivity index (χ1v) is 11.3. The highest BCUT2D eigenvalue weighted by Gasteiger charge is 2.20. The molecule has 1 atom stereocenters. The standard InChI is InChI=1S/C19H21ClN6O2S2/c1-11-4-5-13(10-14(11)20)22-16(27)7-6-15-24-25-19(26(15)3)30-12(2)17(28)23-18-21-8-9-29-18/h4-5,8-10,12H,6-7H2,1-3H3,(H,22,27)(H,21,23,28). The highest BCUT2D eigenvalue weighted by Crippen LogP contribution is 2.24. The molecule has 3 aromatic rings. The summed E-state index contributed by atoms with van der Waals surface area (Å²) in [5.74, 6) is 0.376. The van der Waals surface area contributed by atoms with Crippen molar-refractivity contribution in [1.29, 1.82) is 0 Å². The van der Waals surface area contributed by atoms with Crippen molar-refractivity contribution in [3.63, 3.8) is 0 Å². The molecule has 1 unspecified atom stereocenters. The van der Waals surface area contributed by atoms with Gasteiger partial charge in [-0.2, -0.15) is 0 Å². The van der Waals surface area contributed by atoms with Crippen molar-refractivity contribution >= 4 is 57.3 Å². The van der Waals surface area contributed by atoms with Gasteiger partial charge in [-0.1, -0.05) is 29.4 Å². The van der Waals surface area contributed by atoms with Crippen LogP contribution in [-0.2, 0) is 23.1 Å². The number of nitrogens with one attached hydrogen (secondary N) is 2. The van der Waals surface area contributed by atoms with Gasteiger partial charge in [-0.3, -0.25) is 9.59 Å². The maximum Gasteiger partial charge on any atom is 0.239 e. The number of anilines is 2. The molecule has 0 aliphatic heterocycles. The lowest BCUT2D eigenvalue weighted by atomic mass is 10.2. The molecule has 3 rings (SSSR count). The summed E-state index contributed by atoms with van der Waals surface area (Å²) < 4.78 is 1.80. The monoisotopic (exact) mass is 464 g/mol. The first-order valence-electron chi connectivity index (χ1n) is 9.14. The maximum atomic E-state index is 12.3. The van der Waals surface area contributed by atoms with Crippen molar-refractivity contribution in [1.82, 2.24) is 19.7 Å². The highest BCUT2D eigenvalue weighted by molar-refractivity contribution is 8.00. The number of rotatable bonds is 8. The van der Waals surface area contributed by atoms with Crippen LogP contribution >= 0.6 is 34.7 Å². The van der Waals surface area contributed by atoms with Gasteiger partial charge in [0.1, 0.15) is 5.82 Å². The Morgan fingerprint density at radius 3 is 2.80 bits per heavy atom. The van der Waals surface area contributed by atoms with Gasteiger partial charge >= 0.3 is 0 Å². The van der Waals surface area contributed by atoms with E-state index in [-0.39, 0.29) is 23.5 Å². The summed E-state index contributed by atoms with van der Waals surface area (Å²) in [7, 11) is 1.82. The van der Waals surface area contributed by atoms with Crippen molar-refractivity contribution in [2.45, 2.75) is 37.1 Å². The number of halogens is 1. The Morgan fingerprint density at radius 2 is 2.10 bits per heavy atom. The Hall–Kier alpha value is -2.43. The quantitative estimate of drug-likeness (QED) is 0.490. The Kier molecular flexibility index (Phi) is 7.46. The van der Waals surface area contributed by atoms with Crippen molar-refractivity contribution in [2.24, 2.45) is 7.05 Å². The van der Waals surface area contributed by atoms with E-state index in [1.165, 1.54) is 23.1 Å². The van der Waals surface area contributed by atoms with Gasteiger partial charge in [-0.15, -0.1) is 21.5 Å². The number of nitrogens with zero attached hydrogens (tertiary/aromatic N) is 4. The molecule has 2 N–H and O–H groups in total. The van der Waals surface area contributed by atoms with Crippen molar-refractivity contribution < 1.29 is 9.59 Å². The van der Waals surface area contributed by atoms with Gasteiger partial charge in [0, 0.05) is 42.2 Å². The Morgan fingerprint density at radius 1 is 1.30 bits per heavy atom. The summed E-state index contributed by atoms with van der Waals surface area (Å²) in [6.45, 7) is 3.70. The highest BCUT2D eigenvalue weighted by atomic mass is 35.5. The molecule has 30 heavy (non-hydrogen) atoms. The molecule has 11 heteroatoms. The summed E-state index contributed by atoms with van der Waals surface area (Å²) >= 11 is 8.75. The van der Waals surface area contributed by atoms with Gasteiger partial charge in [-0.05, 0) is 31.5 Å². The summed E-state index contributed by atoms with van der Waals surface area (Å²) in [5, 5.41) is 17.1. The van der Waals surface area contributed by atoms with Crippen LogP contribution < -0.4 is 10.6 Å². The van der Waals surface area contributed by atoms with Crippen molar-refractivity contribution in [2.75, 3.05) is 10.6 Å². The number of hydrogen-bond donors (Lipinski definition) is 2. The summed E-state index contributed by atoms with van der Waals surface area (Å²) in [6, 6.07) is 5.40. The number of aryl methyl sites for hydroxylation is 2. The summed E-state index contributed by atoms with van der Waals surface area (Å²) in [4.78, 5) is 28.6. The molecule has 2 aromatic heterocycles. The molecule has 8 nitrogen and oxygen atoms in total. The number of benzene rings is 1. The fourth-order valence-corrected chi connectivity index (χ4v) is 4.03. The lowest BCUT2D eigenvalue weighted by molar-refractivity contribution is -0.116. The lowest BCUT2D eigenvalue weighted by Crippen LogP contribution is -2.22. The zero-order valence-corrected chi connectivity index (χ0v) is 19.1. The molecule has 0 saturated heterocycles. The molecule has 0 aliphatic rings. The number of hydrogen-bond acceptors (Lipinski definition) is 7. The fraction of sp³-hybridized carbons (Fsp3) is 0.316. The van der Waals surface area contributed by atoms with Crippen LogP contribution in [-0.4, -0.2) is 36.8 Å². The molecule has 2 heterocycles. The molecular formula is C19H21ClN6O2S2. The molecule has 0 saturated carbocycles. The van der Waals surface area contributed by atoms with E-state index in [1.54, 1.807) is 29.1 Å². The van der Waals surface area contributed by atoms with Gasteiger partial charge in [0.2, 0.25) is 11.8 Å². The molecule has 0 spiro atoms. The minimum atomic E-state index is -0.376. The van der Waals surface area contributed by atoms with Gasteiger partial charge in [-0.25, -0.2) is 4.98 Å². The lowest BCUT2D eigenvalue weighted by Gasteiger charge is -2.10. The number of amides is 2. The summed E-state index contributed by atoms with van der Waals surface area (Å²) in [5.41, 5.74) is 1.61. The molecule has 0 radical (unpaired) electrons. The van der Waals surface area contributed by atoms with Gasteiger partial charge in [0.05, 0.1) is 5.25 Å². The average molecular weight is 465 g/mol. The van der Waals surface area contributed by atoms with Crippen LogP contribution in [0.5, 0.6) is 0 Å². The Labute approximate surface area is 187 Å². The number of carbonyl (C=O) groups is 2. The third-order valence-corrected chi connectivity index (χ3v) is 6.50. The van der Waals surface area contributed by atoms with E-state index in [2.05, 4.69) is 25.8 Å². The normalized spacial score (nSPS) is 11.9. The second-order valence-corrected chi connectivity index (χ2v) is 9.17. The van der Waals surface area contributed by atoms with Crippen LogP contribution in [0.2, 0.25) is 5.02 Å². The maximum absolute atomic E-state index is 12.3. The largest absolute Gasteiger partial charge is 0.326 e. The number of carbonyl (C=O) groups excluding carboxylic acids is 2.